The third-order valence-corrected chi connectivity index (χ3v) is 2.85. The number of carbonyl (C=O) groups is 1. The van der Waals surface area contributed by atoms with Crippen molar-refractivity contribution in [1.29, 1.82) is 0 Å². The van der Waals surface area contributed by atoms with E-state index in [9.17, 15) is 4.79 Å². The van der Waals surface area contributed by atoms with Crippen LogP contribution in [0.4, 0.5) is 0 Å². The number of allylic oxidation sites excluding steroid dienone is 1. The van der Waals surface area contributed by atoms with Gasteiger partial charge in [-0.2, -0.15) is 0 Å². The van der Waals surface area contributed by atoms with Crippen LogP contribution in [0.25, 0.3) is 6.20 Å². The molecule has 88 valence electrons. The first-order valence-corrected chi connectivity index (χ1v) is 5.57. The maximum Gasteiger partial charge on any atom is 0.250 e. The molecular formula is C14H11N3O. The highest BCUT2D eigenvalue weighted by Crippen LogP contribution is 2.17. The lowest BCUT2D eigenvalue weighted by atomic mass is 10.1. The monoisotopic (exact) mass is 237 g/mol. The van der Waals surface area contributed by atoms with Gasteiger partial charge in [-0.1, -0.05) is 18.2 Å². The Kier molecular flexibility index (Phi) is 2.34. The number of carbonyl (C=O) groups excluding carboxylic acids is 1. The van der Waals surface area contributed by atoms with Crippen LogP contribution in [0.5, 0.6) is 0 Å². The van der Waals surface area contributed by atoms with E-state index >= 15 is 0 Å². The number of nitrogens with two attached hydrogens (primary N) is 1. The molecule has 1 aromatic rings. The smallest absolute Gasteiger partial charge is 0.250 e. The van der Waals surface area contributed by atoms with Crippen molar-refractivity contribution in [1.82, 2.24) is 4.90 Å². The topological polar surface area (TPSA) is 58.7 Å². The predicted octanol–water partition coefficient (Wildman–Crippen LogP) is 0.140. The molecule has 0 bridgehead atoms. The molecule has 4 heteroatoms. The molecule has 0 saturated heterocycles. The Morgan fingerprint density at radius 1 is 1.17 bits per heavy atom. The average molecular weight is 237 g/mol. The Balaban J connectivity index is 2.17. The largest absolute Gasteiger partial charge is 0.366 e. The van der Waals surface area contributed by atoms with E-state index in [0.29, 0.717) is 5.57 Å². The number of fused-ring (bicyclic) bond motifs is 2. The van der Waals surface area contributed by atoms with Crippen molar-refractivity contribution in [3.63, 3.8) is 0 Å². The molecule has 0 aromatic heterocycles. The number of nitrogens with zero attached hydrogens (tertiary/aromatic N) is 2. The van der Waals surface area contributed by atoms with E-state index in [0.717, 1.165) is 16.3 Å². The second kappa shape index (κ2) is 4.00. The Bertz CT molecular complexity index is 726. The van der Waals surface area contributed by atoms with E-state index in [4.69, 9.17) is 5.73 Å². The molecule has 3 rings (SSSR count). The fraction of sp³-hybridized carbons (Fsp3) is 0. The van der Waals surface area contributed by atoms with E-state index in [2.05, 4.69) is 4.99 Å². The summed E-state index contributed by atoms with van der Waals surface area (Å²) in [5.41, 5.74) is 6.65. The van der Waals surface area contributed by atoms with Crippen LogP contribution in [-0.4, -0.2) is 10.8 Å². The summed E-state index contributed by atoms with van der Waals surface area (Å²) in [6, 6.07) is 7.82. The zero-order valence-electron chi connectivity index (χ0n) is 9.58. The third-order valence-electron chi connectivity index (χ3n) is 2.85. The minimum atomic E-state index is -0.437. The minimum absolute atomic E-state index is 0.437. The van der Waals surface area contributed by atoms with Gasteiger partial charge in [-0.05, 0) is 18.2 Å². The quantitative estimate of drug-likeness (QED) is 0.755. The zero-order valence-corrected chi connectivity index (χ0v) is 9.58. The lowest BCUT2D eigenvalue weighted by molar-refractivity contribution is -0.114. The number of para-hydroxylation sites is 1. The fourth-order valence-corrected chi connectivity index (χ4v) is 1.90. The Hall–Kier alpha value is -2.62. The lowest BCUT2D eigenvalue weighted by Gasteiger charge is -2.19. The summed E-state index contributed by atoms with van der Waals surface area (Å²) in [4.78, 5) is 17.4. The lowest BCUT2D eigenvalue weighted by Crippen LogP contribution is -2.26. The van der Waals surface area contributed by atoms with Crippen molar-refractivity contribution in [2.24, 2.45) is 10.7 Å². The first kappa shape index (κ1) is 10.5. The summed E-state index contributed by atoms with van der Waals surface area (Å²) in [6.07, 6.45) is 8.94. The van der Waals surface area contributed by atoms with Crippen LogP contribution in [0.1, 0.15) is 0 Å². The first-order valence-electron chi connectivity index (χ1n) is 5.57. The maximum absolute atomic E-state index is 11.2. The summed E-state index contributed by atoms with van der Waals surface area (Å²) in [6.45, 7) is 0. The molecule has 4 nitrogen and oxygen atoms in total. The van der Waals surface area contributed by atoms with Crippen molar-refractivity contribution in [3.8, 4) is 0 Å². The van der Waals surface area contributed by atoms with Gasteiger partial charge in [0.2, 0.25) is 5.91 Å². The van der Waals surface area contributed by atoms with Crippen LogP contribution in [0, 0.1) is 0 Å². The Morgan fingerprint density at radius 3 is 2.83 bits per heavy atom. The molecule has 0 saturated carbocycles. The molecule has 0 fully saturated rings. The van der Waals surface area contributed by atoms with Gasteiger partial charge >= 0.3 is 0 Å². The zero-order chi connectivity index (χ0) is 12.5. The average Bonchev–Trinajstić information content (AvgIpc) is 2.56. The summed E-state index contributed by atoms with van der Waals surface area (Å²) in [7, 11) is 0. The molecule has 0 aliphatic carbocycles. The molecule has 2 heterocycles. The van der Waals surface area contributed by atoms with Crippen LogP contribution in [0.3, 0.4) is 0 Å². The van der Waals surface area contributed by atoms with Crippen molar-refractivity contribution in [2.45, 2.75) is 0 Å². The highest BCUT2D eigenvalue weighted by atomic mass is 16.1. The van der Waals surface area contributed by atoms with E-state index in [1.807, 2.05) is 41.4 Å². The maximum atomic E-state index is 11.2. The Labute approximate surface area is 104 Å². The molecule has 0 spiro atoms. The molecule has 0 atom stereocenters. The van der Waals surface area contributed by atoms with Gasteiger partial charge in [0.25, 0.3) is 0 Å². The summed E-state index contributed by atoms with van der Waals surface area (Å²) >= 11 is 0. The molecule has 0 unspecified atom stereocenters. The van der Waals surface area contributed by atoms with E-state index in [-0.39, 0.29) is 0 Å². The number of primary amides is 1. The number of rotatable bonds is 1. The van der Waals surface area contributed by atoms with E-state index < -0.39 is 5.91 Å². The third kappa shape index (κ3) is 1.73. The highest BCUT2D eigenvalue weighted by molar-refractivity contribution is 5.95. The number of hydrogen-bond donors (Lipinski definition) is 1. The van der Waals surface area contributed by atoms with Gasteiger partial charge in [-0.15, -0.1) is 0 Å². The number of amides is 1. The summed E-state index contributed by atoms with van der Waals surface area (Å²) in [5.74, 6) is -0.437. The SMILES string of the molecule is NC(=O)C1=CN2C=c3ccccc3=NC=C2C=C1. The number of hydrogen-bond acceptors (Lipinski definition) is 3. The predicted molar refractivity (Wildman–Crippen MR) is 68.0 cm³/mol. The Morgan fingerprint density at radius 2 is 2.00 bits per heavy atom. The molecule has 2 aliphatic rings. The van der Waals surface area contributed by atoms with Gasteiger partial charge in [-0.25, -0.2) is 0 Å². The van der Waals surface area contributed by atoms with Crippen LogP contribution in [0.2, 0.25) is 0 Å². The van der Waals surface area contributed by atoms with Crippen LogP contribution >= 0.6 is 0 Å². The van der Waals surface area contributed by atoms with Gasteiger partial charge in [0.05, 0.1) is 22.8 Å². The molecule has 2 aliphatic heterocycles. The van der Waals surface area contributed by atoms with Gasteiger partial charge < -0.3 is 10.6 Å². The second-order valence-electron chi connectivity index (χ2n) is 4.06. The van der Waals surface area contributed by atoms with Gasteiger partial charge in [0, 0.05) is 17.6 Å². The van der Waals surface area contributed by atoms with Crippen molar-refractivity contribution < 1.29 is 4.79 Å². The molecule has 18 heavy (non-hydrogen) atoms. The van der Waals surface area contributed by atoms with Gasteiger partial charge in [0.1, 0.15) is 0 Å². The van der Waals surface area contributed by atoms with Crippen molar-refractivity contribution in [3.05, 3.63) is 70.7 Å². The fourth-order valence-electron chi connectivity index (χ4n) is 1.90. The first-order chi connectivity index (χ1) is 8.74. The summed E-state index contributed by atoms with van der Waals surface area (Å²) in [5, 5.41) is 1.90. The molecule has 1 amide bonds. The molecular weight excluding hydrogens is 226 g/mol. The standard InChI is InChI=1S/C14H11N3O/c15-14(18)11-5-6-12-7-16-13-4-2-1-3-10(13)8-17(12)9-11/h1-9H,(H2,15,18). The van der Waals surface area contributed by atoms with Crippen LogP contribution < -0.4 is 16.3 Å². The number of benzene rings is 1. The minimum Gasteiger partial charge on any atom is -0.366 e. The van der Waals surface area contributed by atoms with Crippen LogP contribution in [0.15, 0.2) is 65.1 Å². The molecule has 2 N–H and O–H groups in total. The van der Waals surface area contributed by atoms with E-state index in [1.54, 1.807) is 18.5 Å². The van der Waals surface area contributed by atoms with Gasteiger partial charge in [-0.3, -0.25) is 9.79 Å². The molecule has 1 aromatic carbocycles. The van der Waals surface area contributed by atoms with Crippen molar-refractivity contribution >= 4 is 12.1 Å². The molecule has 0 radical (unpaired) electrons. The van der Waals surface area contributed by atoms with E-state index in [1.165, 1.54) is 0 Å². The summed E-state index contributed by atoms with van der Waals surface area (Å²) < 4.78 is 0. The van der Waals surface area contributed by atoms with Gasteiger partial charge in [0.15, 0.2) is 0 Å². The van der Waals surface area contributed by atoms with Crippen molar-refractivity contribution in [2.75, 3.05) is 0 Å². The second-order valence-corrected chi connectivity index (χ2v) is 4.06. The van der Waals surface area contributed by atoms with Crippen LogP contribution in [-0.2, 0) is 4.79 Å². The normalized spacial score (nSPS) is 16.3. The highest BCUT2D eigenvalue weighted by Gasteiger charge is 2.12.